The number of thioether (sulfide) groups is 1. The Hall–Kier alpha value is -0.890. The molecule has 0 heterocycles. The molecule has 0 aromatic heterocycles. The zero-order valence-corrected chi connectivity index (χ0v) is 11.3. The van der Waals surface area contributed by atoms with E-state index in [1.807, 2.05) is 0 Å². The third-order valence-corrected chi connectivity index (χ3v) is 3.09. The summed E-state index contributed by atoms with van der Waals surface area (Å²) in [5.74, 6) is 0. The van der Waals surface area contributed by atoms with E-state index in [0.717, 1.165) is 0 Å². The molecule has 0 spiro atoms. The summed E-state index contributed by atoms with van der Waals surface area (Å²) in [6.45, 7) is 1.58. The molecule has 0 saturated carbocycles. The first-order valence-corrected chi connectivity index (χ1v) is 6.51. The highest BCUT2D eigenvalue weighted by molar-refractivity contribution is 8.00. The van der Waals surface area contributed by atoms with Crippen LogP contribution in [0, 0.1) is 0 Å². The molecule has 0 aliphatic heterocycles. The van der Waals surface area contributed by atoms with Gasteiger partial charge in [-0.25, -0.2) is 0 Å². The number of hydrogen-bond donors (Lipinski definition) is 1. The first-order valence-electron chi connectivity index (χ1n) is 5.70. The zero-order valence-electron chi connectivity index (χ0n) is 10.5. The minimum absolute atomic E-state index is 0.0459. The highest BCUT2D eigenvalue weighted by atomic mass is 32.2. The molecular weight excluding hydrogens is 304 g/mol. The van der Waals surface area contributed by atoms with Crippen molar-refractivity contribution in [2.75, 3.05) is 0 Å². The van der Waals surface area contributed by atoms with Gasteiger partial charge in [0, 0.05) is 17.5 Å². The minimum atomic E-state index is -4.35. The molecule has 1 rings (SSSR count). The van der Waals surface area contributed by atoms with Gasteiger partial charge in [-0.1, -0.05) is 12.1 Å². The molecule has 8 heteroatoms. The van der Waals surface area contributed by atoms with Crippen LogP contribution >= 0.6 is 11.8 Å². The van der Waals surface area contributed by atoms with Crippen molar-refractivity contribution >= 4 is 11.8 Å². The van der Waals surface area contributed by atoms with Gasteiger partial charge in [0.15, 0.2) is 0 Å². The summed E-state index contributed by atoms with van der Waals surface area (Å²) >= 11 is -0.227. The van der Waals surface area contributed by atoms with Gasteiger partial charge in [0.1, 0.15) is 0 Å². The molecule has 1 atom stereocenters. The maximum absolute atomic E-state index is 12.1. The van der Waals surface area contributed by atoms with Crippen molar-refractivity contribution in [2.24, 2.45) is 0 Å². The topological polar surface area (TPSA) is 12.0 Å². The molecule has 20 heavy (non-hydrogen) atoms. The summed E-state index contributed by atoms with van der Waals surface area (Å²) in [6, 6.07) is 4.76. The number of halogens is 6. The van der Waals surface area contributed by atoms with Crippen molar-refractivity contribution in [1.29, 1.82) is 0 Å². The van der Waals surface area contributed by atoms with Crippen molar-refractivity contribution in [3.8, 4) is 0 Å². The predicted octanol–water partition coefficient (Wildman–Crippen LogP) is 4.73. The third-order valence-electron chi connectivity index (χ3n) is 2.35. The second-order valence-electron chi connectivity index (χ2n) is 4.29. The van der Waals surface area contributed by atoms with Crippen molar-refractivity contribution < 1.29 is 26.3 Å². The van der Waals surface area contributed by atoms with Crippen molar-refractivity contribution in [3.05, 3.63) is 29.8 Å². The van der Waals surface area contributed by atoms with Gasteiger partial charge in [0.05, 0.1) is 6.42 Å². The second kappa shape index (κ2) is 6.71. The van der Waals surface area contributed by atoms with E-state index in [0.29, 0.717) is 5.56 Å². The van der Waals surface area contributed by atoms with Crippen LogP contribution in [0.2, 0.25) is 0 Å². The molecule has 1 aromatic carbocycles. The molecule has 0 bridgehead atoms. The van der Waals surface area contributed by atoms with E-state index < -0.39 is 24.1 Å². The first-order chi connectivity index (χ1) is 9.05. The van der Waals surface area contributed by atoms with Gasteiger partial charge in [-0.15, -0.1) is 0 Å². The lowest BCUT2D eigenvalue weighted by Crippen LogP contribution is -2.30. The number of rotatable bonds is 5. The Kier molecular flexibility index (Phi) is 5.76. The second-order valence-corrected chi connectivity index (χ2v) is 5.43. The van der Waals surface area contributed by atoms with E-state index in [1.165, 1.54) is 31.2 Å². The Bertz CT molecular complexity index is 411. The molecule has 0 saturated heterocycles. The highest BCUT2D eigenvalue weighted by Gasteiger charge is 2.30. The van der Waals surface area contributed by atoms with Gasteiger partial charge in [-0.3, -0.25) is 0 Å². The van der Waals surface area contributed by atoms with Crippen molar-refractivity contribution in [2.45, 2.75) is 42.5 Å². The summed E-state index contributed by atoms with van der Waals surface area (Å²) in [5, 5.41) is 2.67. The average Bonchev–Trinajstić information content (AvgIpc) is 2.23. The van der Waals surface area contributed by atoms with E-state index in [-0.39, 0.29) is 23.2 Å². The van der Waals surface area contributed by atoms with Crippen LogP contribution in [-0.4, -0.2) is 17.7 Å². The quantitative estimate of drug-likeness (QED) is 0.622. The molecule has 0 fully saturated rings. The van der Waals surface area contributed by atoms with Crippen LogP contribution in [0.1, 0.15) is 18.9 Å². The van der Waals surface area contributed by atoms with E-state index in [4.69, 9.17) is 0 Å². The lowest BCUT2D eigenvalue weighted by Gasteiger charge is -2.16. The molecule has 0 aliphatic carbocycles. The maximum Gasteiger partial charge on any atom is 0.446 e. The number of benzene rings is 1. The van der Waals surface area contributed by atoms with Crippen LogP contribution in [0.15, 0.2) is 29.2 Å². The van der Waals surface area contributed by atoms with E-state index in [2.05, 4.69) is 5.32 Å². The molecule has 114 valence electrons. The van der Waals surface area contributed by atoms with Crippen molar-refractivity contribution in [3.63, 3.8) is 0 Å². The fourth-order valence-corrected chi connectivity index (χ4v) is 2.06. The van der Waals surface area contributed by atoms with Crippen LogP contribution < -0.4 is 5.32 Å². The molecular formula is C12H13F6NS. The van der Waals surface area contributed by atoms with Gasteiger partial charge in [-0.2, -0.15) is 26.3 Å². The number of nitrogens with one attached hydrogen (secondary N) is 1. The molecule has 1 unspecified atom stereocenters. The molecule has 1 N–H and O–H groups in total. The fourth-order valence-electron chi connectivity index (χ4n) is 1.52. The van der Waals surface area contributed by atoms with Crippen LogP contribution in [0.4, 0.5) is 26.3 Å². The average molecular weight is 317 g/mol. The van der Waals surface area contributed by atoms with Crippen LogP contribution in [0.3, 0.4) is 0 Å². The standard InChI is InChI=1S/C12H13F6NS/c1-8(6-11(13,14)15)19-7-9-2-4-10(5-3-9)20-12(16,17)18/h2-5,8,19H,6-7H2,1H3. The van der Waals surface area contributed by atoms with Gasteiger partial charge >= 0.3 is 11.7 Å². The maximum atomic E-state index is 12.1. The zero-order chi connectivity index (χ0) is 15.4. The van der Waals surface area contributed by atoms with Crippen LogP contribution in [-0.2, 0) is 6.54 Å². The predicted molar refractivity (Wildman–Crippen MR) is 65.3 cm³/mol. The Balaban J connectivity index is 2.46. The summed E-state index contributed by atoms with van der Waals surface area (Å²) in [4.78, 5) is 0.0459. The summed E-state index contributed by atoms with van der Waals surface area (Å²) in [6.07, 6.45) is -5.19. The van der Waals surface area contributed by atoms with Crippen LogP contribution in [0.5, 0.6) is 0 Å². The molecule has 1 nitrogen and oxygen atoms in total. The smallest absolute Gasteiger partial charge is 0.310 e. The SMILES string of the molecule is CC(CC(F)(F)F)NCc1ccc(SC(F)(F)F)cc1. The van der Waals surface area contributed by atoms with E-state index >= 15 is 0 Å². The molecule has 0 radical (unpaired) electrons. The summed E-state index contributed by atoms with van der Waals surface area (Å²) < 4.78 is 72.6. The molecule has 1 aromatic rings. The Morgan fingerprint density at radius 2 is 1.60 bits per heavy atom. The van der Waals surface area contributed by atoms with Crippen LogP contribution in [0.25, 0.3) is 0 Å². The van der Waals surface area contributed by atoms with Gasteiger partial charge < -0.3 is 5.32 Å². The van der Waals surface area contributed by atoms with Gasteiger partial charge in [-0.05, 0) is 36.4 Å². The highest BCUT2D eigenvalue weighted by Crippen LogP contribution is 2.36. The summed E-state index contributed by atoms with van der Waals surface area (Å²) in [7, 11) is 0. The lowest BCUT2D eigenvalue weighted by molar-refractivity contribution is -0.139. The monoisotopic (exact) mass is 317 g/mol. The Morgan fingerprint density at radius 1 is 1.05 bits per heavy atom. The molecule has 0 aliphatic rings. The van der Waals surface area contributed by atoms with E-state index in [1.54, 1.807) is 0 Å². The lowest BCUT2D eigenvalue weighted by atomic mass is 10.2. The van der Waals surface area contributed by atoms with Gasteiger partial charge in [0.25, 0.3) is 0 Å². The Labute approximate surface area is 116 Å². The van der Waals surface area contributed by atoms with Crippen molar-refractivity contribution in [1.82, 2.24) is 5.32 Å². The molecule has 0 amide bonds. The Morgan fingerprint density at radius 3 is 2.05 bits per heavy atom. The third kappa shape index (κ3) is 7.64. The number of alkyl halides is 6. The number of hydrogen-bond acceptors (Lipinski definition) is 2. The summed E-state index contributed by atoms with van der Waals surface area (Å²) in [5.41, 5.74) is -3.72. The minimum Gasteiger partial charge on any atom is -0.310 e. The largest absolute Gasteiger partial charge is 0.446 e. The fraction of sp³-hybridized carbons (Fsp3) is 0.500. The van der Waals surface area contributed by atoms with E-state index in [9.17, 15) is 26.3 Å². The first kappa shape index (κ1) is 17.2. The van der Waals surface area contributed by atoms with Gasteiger partial charge in [0.2, 0.25) is 0 Å². The normalized spacial score (nSPS) is 14.3.